The van der Waals surface area contributed by atoms with Crippen molar-refractivity contribution in [2.24, 2.45) is 4.99 Å². The van der Waals surface area contributed by atoms with Crippen molar-refractivity contribution in [1.29, 1.82) is 0 Å². The van der Waals surface area contributed by atoms with Crippen LogP contribution in [0.4, 0.5) is 5.69 Å². The van der Waals surface area contributed by atoms with Crippen LogP contribution in [0.5, 0.6) is 0 Å². The van der Waals surface area contributed by atoms with E-state index in [1.54, 1.807) is 0 Å². The summed E-state index contributed by atoms with van der Waals surface area (Å²) in [6, 6.07) is 16.8. The third kappa shape index (κ3) is 0.878. The van der Waals surface area contributed by atoms with Crippen LogP contribution in [0.2, 0.25) is 0 Å². The molecule has 1 aliphatic carbocycles. The molecule has 1 heteroatoms. The van der Waals surface area contributed by atoms with Gasteiger partial charge in [0.2, 0.25) is 0 Å². The maximum absolute atomic E-state index is 4.65. The molecule has 0 saturated carbocycles. The van der Waals surface area contributed by atoms with Gasteiger partial charge in [-0.3, -0.25) is 0 Å². The predicted octanol–water partition coefficient (Wildman–Crippen LogP) is 1.77. The summed E-state index contributed by atoms with van der Waals surface area (Å²) in [7, 11) is 0. The van der Waals surface area contributed by atoms with Crippen molar-refractivity contribution < 1.29 is 0 Å². The molecule has 1 nitrogen and oxygen atoms in total. The Kier molecular flexibility index (Phi) is 1.36. The summed E-state index contributed by atoms with van der Waals surface area (Å²) in [5, 5.41) is 2.59. The lowest BCUT2D eigenvalue weighted by atomic mass is 10.0. The van der Waals surface area contributed by atoms with Crippen molar-refractivity contribution in [3.8, 4) is 0 Å². The smallest absolute Gasteiger partial charge is 0.0728 e. The summed E-state index contributed by atoms with van der Waals surface area (Å²) < 4.78 is 0. The number of para-hydroxylation sites is 1. The minimum atomic E-state index is 1.10. The van der Waals surface area contributed by atoms with Gasteiger partial charge in [-0.1, -0.05) is 42.5 Å². The molecule has 0 aromatic heterocycles. The normalized spacial score (nSPS) is 15.0. The third-order valence-electron chi connectivity index (χ3n) is 3.19. The van der Waals surface area contributed by atoms with Crippen LogP contribution in [0.25, 0.3) is 11.6 Å². The first-order valence-electron chi connectivity index (χ1n) is 5.43. The van der Waals surface area contributed by atoms with Crippen LogP contribution in [-0.2, 0) is 0 Å². The first-order chi connectivity index (χ1) is 7.93. The Bertz CT molecular complexity index is 751. The fourth-order valence-corrected chi connectivity index (χ4v) is 2.49. The Morgan fingerprint density at radius 2 is 1.62 bits per heavy atom. The lowest BCUT2D eigenvalue weighted by Crippen LogP contribution is -2.21. The van der Waals surface area contributed by atoms with Crippen LogP contribution in [0, 0.1) is 0 Å². The van der Waals surface area contributed by atoms with E-state index >= 15 is 0 Å². The highest BCUT2D eigenvalue weighted by Gasteiger charge is 2.22. The van der Waals surface area contributed by atoms with E-state index in [1.165, 1.54) is 21.6 Å². The van der Waals surface area contributed by atoms with Crippen molar-refractivity contribution >= 4 is 23.0 Å². The Hall–Kier alpha value is -2.15. The lowest BCUT2D eigenvalue weighted by Gasteiger charge is -1.97. The standard InChI is InChI=1S/C15H9N/c1-2-6-11-10(5-1)9-14-15(11)12-7-3-4-8-13(12)16-14/h1-9H. The Morgan fingerprint density at radius 1 is 0.812 bits per heavy atom. The Balaban J connectivity index is 2.22. The molecule has 16 heavy (non-hydrogen) atoms. The summed E-state index contributed by atoms with van der Waals surface area (Å²) in [4.78, 5) is 4.65. The Labute approximate surface area is 93.1 Å². The van der Waals surface area contributed by atoms with E-state index < -0.39 is 0 Å². The molecule has 0 saturated heterocycles. The first-order valence-corrected chi connectivity index (χ1v) is 5.43. The number of nitrogens with zero attached hydrogens (tertiary/aromatic N) is 1. The fraction of sp³-hybridized carbons (Fsp3) is 0. The second-order valence-electron chi connectivity index (χ2n) is 4.12. The molecule has 0 spiro atoms. The van der Waals surface area contributed by atoms with Crippen LogP contribution in [0.15, 0.2) is 53.5 Å². The molecule has 0 atom stereocenters. The van der Waals surface area contributed by atoms with E-state index in [0.29, 0.717) is 0 Å². The third-order valence-corrected chi connectivity index (χ3v) is 3.19. The first kappa shape index (κ1) is 8.05. The highest BCUT2D eigenvalue weighted by Crippen LogP contribution is 2.33. The maximum atomic E-state index is 4.65. The zero-order valence-electron chi connectivity index (χ0n) is 8.64. The molecule has 2 aromatic carbocycles. The molecule has 1 aliphatic heterocycles. The van der Waals surface area contributed by atoms with Crippen LogP contribution in [0.3, 0.4) is 0 Å². The van der Waals surface area contributed by atoms with Gasteiger partial charge >= 0.3 is 0 Å². The van der Waals surface area contributed by atoms with Gasteiger partial charge in [-0.15, -0.1) is 0 Å². The number of benzene rings is 2. The van der Waals surface area contributed by atoms with Crippen LogP contribution in [0.1, 0.15) is 5.56 Å². The van der Waals surface area contributed by atoms with E-state index in [-0.39, 0.29) is 0 Å². The van der Waals surface area contributed by atoms with Crippen LogP contribution in [-0.4, -0.2) is 5.71 Å². The molecule has 0 amide bonds. The van der Waals surface area contributed by atoms with Gasteiger partial charge in [0.25, 0.3) is 0 Å². The number of hydrogen-bond donors (Lipinski definition) is 0. The summed E-state index contributed by atoms with van der Waals surface area (Å²) >= 11 is 0. The van der Waals surface area contributed by atoms with E-state index in [2.05, 4.69) is 53.5 Å². The van der Waals surface area contributed by atoms with Gasteiger partial charge in [0.05, 0.1) is 11.4 Å². The average Bonchev–Trinajstić information content (AvgIpc) is 2.83. The van der Waals surface area contributed by atoms with Gasteiger partial charge in [-0.25, -0.2) is 4.99 Å². The van der Waals surface area contributed by atoms with Gasteiger partial charge in [-0.2, -0.15) is 0 Å². The van der Waals surface area contributed by atoms with Crippen LogP contribution >= 0.6 is 0 Å². The van der Waals surface area contributed by atoms with Gasteiger partial charge in [0, 0.05) is 11.1 Å². The maximum Gasteiger partial charge on any atom is 0.0728 e. The molecule has 0 unspecified atom stereocenters. The molecular formula is C15H9N. The number of fused-ring (bicyclic) bond motifs is 4. The van der Waals surface area contributed by atoms with Crippen LogP contribution < -0.4 is 10.4 Å². The summed E-state index contributed by atoms with van der Waals surface area (Å²) in [6.45, 7) is 0. The molecule has 74 valence electrons. The predicted molar refractivity (Wildman–Crippen MR) is 66.2 cm³/mol. The second kappa shape index (κ2) is 2.70. The van der Waals surface area contributed by atoms with E-state index in [4.69, 9.17) is 0 Å². The topological polar surface area (TPSA) is 12.4 Å². The fourth-order valence-electron chi connectivity index (χ4n) is 2.49. The van der Waals surface area contributed by atoms with Crippen molar-refractivity contribution in [3.63, 3.8) is 0 Å². The molecule has 2 aliphatic rings. The summed E-state index contributed by atoms with van der Waals surface area (Å²) in [5.74, 6) is 0. The van der Waals surface area contributed by atoms with Gasteiger partial charge in [0.15, 0.2) is 0 Å². The average molecular weight is 203 g/mol. The largest absolute Gasteiger partial charge is 0.248 e. The van der Waals surface area contributed by atoms with Crippen molar-refractivity contribution in [2.75, 3.05) is 0 Å². The quantitative estimate of drug-likeness (QED) is 0.618. The second-order valence-corrected chi connectivity index (χ2v) is 4.12. The summed E-state index contributed by atoms with van der Waals surface area (Å²) in [5.41, 5.74) is 4.77. The minimum absolute atomic E-state index is 1.10. The molecule has 0 bridgehead atoms. The number of rotatable bonds is 0. The summed E-state index contributed by atoms with van der Waals surface area (Å²) in [6.07, 6.45) is 2.17. The molecule has 0 fully saturated rings. The highest BCUT2D eigenvalue weighted by molar-refractivity contribution is 6.42. The molecule has 0 radical (unpaired) electrons. The molecule has 4 rings (SSSR count). The zero-order chi connectivity index (χ0) is 10.5. The van der Waals surface area contributed by atoms with Gasteiger partial charge in [0.1, 0.15) is 0 Å². The number of hydrogen-bond acceptors (Lipinski definition) is 1. The highest BCUT2D eigenvalue weighted by atomic mass is 14.8. The van der Waals surface area contributed by atoms with Crippen molar-refractivity contribution in [1.82, 2.24) is 0 Å². The molecular weight excluding hydrogens is 194 g/mol. The zero-order valence-corrected chi connectivity index (χ0v) is 8.64. The Morgan fingerprint density at radius 3 is 2.62 bits per heavy atom. The molecule has 0 N–H and O–H groups in total. The monoisotopic (exact) mass is 203 g/mol. The van der Waals surface area contributed by atoms with E-state index in [9.17, 15) is 0 Å². The minimum Gasteiger partial charge on any atom is -0.248 e. The molecule has 2 aromatic rings. The SMILES string of the molecule is C1=c2ccccc2=C2C1=Nc1ccccc12. The van der Waals surface area contributed by atoms with E-state index in [0.717, 1.165) is 11.4 Å². The van der Waals surface area contributed by atoms with Crippen molar-refractivity contribution in [3.05, 3.63) is 64.5 Å². The van der Waals surface area contributed by atoms with Gasteiger partial charge < -0.3 is 0 Å². The van der Waals surface area contributed by atoms with E-state index in [1.807, 2.05) is 6.07 Å². The number of aliphatic imine (C=N–C) groups is 1. The molecule has 1 heterocycles. The van der Waals surface area contributed by atoms with Gasteiger partial charge in [-0.05, 0) is 22.6 Å². The van der Waals surface area contributed by atoms with Crippen molar-refractivity contribution in [2.45, 2.75) is 0 Å². The lowest BCUT2D eigenvalue weighted by molar-refractivity contribution is 1.50.